The Hall–Kier alpha value is -3.88. The third kappa shape index (κ3) is 9.62. The van der Waals surface area contributed by atoms with E-state index in [0.29, 0.717) is 29.3 Å². The van der Waals surface area contributed by atoms with Crippen molar-refractivity contribution in [2.45, 2.75) is 85.4 Å². The summed E-state index contributed by atoms with van der Waals surface area (Å²) < 4.78 is 5.24. The number of carbonyl (C=O) groups is 4. The zero-order valence-corrected chi connectivity index (χ0v) is 24.7. The summed E-state index contributed by atoms with van der Waals surface area (Å²) in [5, 5.41) is 14.4. The second-order valence-electron chi connectivity index (χ2n) is 12.1. The number of carbonyl (C=O) groups excluding carboxylic acids is 3. The van der Waals surface area contributed by atoms with E-state index in [1.54, 1.807) is 50.2 Å². The second-order valence-corrected chi connectivity index (χ2v) is 12.1. The summed E-state index contributed by atoms with van der Waals surface area (Å²) in [5.41, 5.74) is 2.53. The van der Waals surface area contributed by atoms with Crippen molar-refractivity contribution >= 4 is 29.6 Å². The quantitative estimate of drug-likeness (QED) is 0.299. The number of carboxylic acid groups (broad SMARTS) is 1. The molecule has 2 aromatic rings. The molecule has 3 rings (SSSR count). The summed E-state index contributed by atoms with van der Waals surface area (Å²) in [5.74, 6) is -1.12. The number of nitrogens with one attached hydrogen (secondary N) is 2. The van der Waals surface area contributed by atoms with Gasteiger partial charge >= 0.3 is 18.0 Å². The van der Waals surface area contributed by atoms with Crippen LogP contribution in [0, 0.1) is 11.3 Å². The van der Waals surface area contributed by atoms with E-state index in [1.165, 1.54) is 0 Å². The van der Waals surface area contributed by atoms with Crippen LogP contribution in [0.4, 0.5) is 10.5 Å². The van der Waals surface area contributed by atoms with Gasteiger partial charge in [-0.25, -0.2) is 9.59 Å². The Morgan fingerprint density at radius 3 is 2.05 bits per heavy atom. The highest BCUT2D eigenvalue weighted by Crippen LogP contribution is 2.39. The minimum absolute atomic E-state index is 0.0565. The molecule has 1 aliphatic carbocycles. The number of urea groups is 1. The van der Waals surface area contributed by atoms with Gasteiger partial charge in [0.15, 0.2) is 0 Å². The highest BCUT2D eigenvalue weighted by atomic mass is 16.5. The molecule has 0 radical (unpaired) electrons. The van der Waals surface area contributed by atoms with Gasteiger partial charge in [0.1, 0.15) is 0 Å². The average Bonchev–Trinajstić information content (AvgIpc) is 2.91. The average molecular weight is 566 g/mol. The molecule has 9 heteroatoms. The molecule has 1 saturated carbocycles. The standard InChI is InChI=1S/C32H43N3O6/c1-21(2)41-30(39)24-10-14-26(15-11-24)34-31(40)35(27-16-12-25(13-17-27)32(3,4)5)20-22-6-8-23(9-7-22)29(38)33-19-18-28(36)37/h6-11,14-15,21,25,27H,12-13,16-20H2,1-5H3,(H,33,38)(H,34,40)(H,36,37). The van der Waals surface area contributed by atoms with E-state index in [0.717, 1.165) is 31.2 Å². The first-order chi connectivity index (χ1) is 19.3. The van der Waals surface area contributed by atoms with Gasteiger partial charge in [0.25, 0.3) is 5.91 Å². The molecule has 1 fully saturated rings. The molecule has 0 unspecified atom stereocenters. The Bertz CT molecular complexity index is 1190. The van der Waals surface area contributed by atoms with Gasteiger partial charge in [0.2, 0.25) is 0 Å². The third-order valence-electron chi connectivity index (χ3n) is 7.53. The van der Waals surface area contributed by atoms with Gasteiger partial charge in [-0.1, -0.05) is 32.9 Å². The van der Waals surface area contributed by atoms with Crippen molar-refractivity contribution in [3.8, 4) is 0 Å². The SMILES string of the molecule is CC(C)OC(=O)c1ccc(NC(=O)N(Cc2ccc(C(=O)NCCC(=O)O)cc2)C2CCC(C(C)(C)C)CC2)cc1. The molecule has 9 nitrogen and oxygen atoms in total. The Balaban J connectivity index is 1.72. The first-order valence-corrected chi connectivity index (χ1v) is 14.3. The normalized spacial score (nSPS) is 17.0. The number of ether oxygens (including phenoxy) is 1. The highest BCUT2D eigenvalue weighted by molar-refractivity contribution is 5.94. The fraction of sp³-hybridized carbons (Fsp3) is 0.500. The minimum atomic E-state index is -0.972. The molecule has 0 aromatic heterocycles. The molecular formula is C32H43N3O6. The fourth-order valence-electron chi connectivity index (χ4n) is 5.13. The highest BCUT2D eigenvalue weighted by Gasteiger charge is 2.33. The molecule has 222 valence electrons. The number of anilines is 1. The van der Waals surface area contributed by atoms with Gasteiger partial charge in [0.05, 0.1) is 18.1 Å². The van der Waals surface area contributed by atoms with Gasteiger partial charge in [-0.3, -0.25) is 9.59 Å². The molecule has 0 heterocycles. The Kier molecular flexibility index (Phi) is 10.9. The Labute approximate surface area is 242 Å². The number of hydrogen-bond acceptors (Lipinski definition) is 5. The lowest BCUT2D eigenvalue weighted by atomic mass is 9.71. The minimum Gasteiger partial charge on any atom is -0.481 e. The monoisotopic (exact) mass is 565 g/mol. The number of amides is 3. The molecule has 3 amide bonds. The van der Waals surface area contributed by atoms with E-state index in [1.807, 2.05) is 17.0 Å². The van der Waals surface area contributed by atoms with E-state index in [-0.39, 0.29) is 42.5 Å². The molecule has 0 atom stereocenters. The second kappa shape index (κ2) is 14.1. The van der Waals surface area contributed by atoms with E-state index in [2.05, 4.69) is 31.4 Å². The van der Waals surface area contributed by atoms with Crippen LogP contribution >= 0.6 is 0 Å². The molecule has 2 aromatic carbocycles. The summed E-state index contributed by atoms with van der Waals surface area (Å²) in [6, 6.07) is 13.5. The Morgan fingerprint density at radius 2 is 1.51 bits per heavy atom. The van der Waals surface area contributed by atoms with Crippen molar-refractivity contribution < 1.29 is 29.0 Å². The maximum atomic E-state index is 13.6. The first-order valence-electron chi connectivity index (χ1n) is 14.3. The van der Waals surface area contributed by atoms with Gasteiger partial charge in [0, 0.05) is 30.4 Å². The maximum absolute atomic E-state index is 13.6. The van der Waals surface area contributed by atoms with Crippen LogP contribution < -0.4 is 10.6 Å². The van der Waals surface area contributed by atoms with Crippen LogP contribution in [0.1, 0.15) is 93.0 Å². The summed E-state index contributed by atoms with van der Waals surface area (Å²) >= 11 is 0. The number of aliphatic carboxylic acids is 1. The number of rotatable bonds is 10. The smallest absolute Gasteiger partial charge is 0.338 e. The predicted molar refractivity (Wildman–Crippen MR) is 158 cm³/mol. The lowest BCUT2D eigenvalue weighted by Crippen LogP contribution is -2.45. The van der Waals surface area contributed by atoms with Gasteiger partial charge in [-0.05, 0) is 92.8 Å². The lowest BCUT2D eigenvalue weighted by Gasteiger charge is -2.41. The molecule has 0 spiro atoms. The van der Waals surface area contributed by atoms with Gasteiger partial charge in [-0.15, -0.1) is 0 Å². The Morgan fingerprint density at radius 1 is 0.927 bits per heavy atom. The van der Waals surface area contributed by atoms with Crippen LogP contribution in [-0.4, -0.2) is 52.6 Å². The van der Waals surface area contributed by atoms with E-state index >= 15 is 0 Å². The number of esters is 1. The molecule has 0 saturated heterocycles. The summed E-state index contributed by atoms with van der Waals surface area (Å²) in [6.45, 7) is 10.8. The number of nitrogens with zero attached hydrogens (tertiary/aromatic N) is 1. The van der Waals surface area contributed by atoms with Gasteiger partial charge in [-0.2, -0.15) is 0 Å². The summed E-state index contributed by atoms with van der Waals surface area (Å²) in [7, 11) is 0. The zero-order valence-electron chi connectivity index (χ0n) is 24.7. The van der Waals surface area contributed by atoms with Crippen molar-refractivity contribution in [3.05, 3.63) is 65.2 Å². The van der Waals surface area contributed by atoms with Crippen molar-refractivity contribution in [1.82, 2.24) is 10.2 Å². The summed E-state index contributed by atoms with van der Waals surface area (Å²) in [4.78, 5) is 50.7. The topological polar surface area (TPSA) is 125 Å². The van der Waals surface area contributed by atoms with E-state index in [9.17, 15) is 19.2 Å². The number of hydrogen-bond donors (Lipinski definition) is 3. The zero-order chi connectivity index (χ0) is 30.2. The van der Waals surface area contributed by atoms with E-state index < -0.39 is 11.9 Å². The predicted octanol–water partition coefficient (Wildman–Crippen LogP) is 6.10. The van der Waals surface area contributed by atoms with Crippen LogP contribution in [0.3, 0.4) is 0 Å². The van der Waals surface area contributed by atoms with Crippen LogP contribution in [0.2, 0.25) is 0 Å². The van der Waals surface area contributed by atoms with Crippen LogP contribution in [-0.2, 0) is 16.1 Å². The molecule has 1 aliphatic rings. The van der Waals surface area contributed by atoms with Crippen molar-refractivity contribution in [2.24, 2.45) is 11.3 Å². The lowest BCUT2D eigenvalue weighted by molar-refractivity contribution is -0.136. The maximum Gasteiger partial charge on any atom is 0.338 e. The van der Waals surface area contributed by atoms with Crippen LogP contribution in [0.5, 0.6) is 0 Å². The first kappa shape index (κ1) is 31.6. The molecule has 3 N–H and O–H groups in total. The van der Waals surface area contributed by atoms with Crippen molar-refractivity contribution in [3.63, 3.8) is 0 Å². The van der Waals surface area contributed by atoms with E-state index in [4.69, 9.17) is 9.84 Å². The number of benzene rings is 2. The summed E-state index contributed by atoms with van der Waals surface area (Å²) in [6.07, 6.45) is 3.53. The van der Waals surface area contributed by atoms with Crippen molar-refractivity contribution in [2.75, 3.05) is 11.9 Å². The molecule has 41 heavy (non-hydrogen) atoms. The fourth-order valence-corrected chi connectivity index (χ4v) is 5.13. The third-order valence-corrected chi connectivity index (χ3v) is 7.53. The molecular weight excluding hydrogens is 522 g/mol. The van der Waals surface area contributed by atoms with Crippen LogP contribution in [0.15, 0.2) is 48.5 Å². The largest absolute Gasteiger partial charge is 0.481 e. The van der Waals surface area contributed by atoms with Crippen LogP contribution in [0.25, 0.3) is 0 Å². The molecule has 0 aliphatic heterocycles. The molecule has 0 bridgehead atoms. The van der Waals surface area contributed by atoms with Crippen molar-refractivity contribution in [1.29, 1.82) is 0 Å². The van der Waals surface area contributed by atoms with Gasteiger partial charge < -0.3 is 25.4 Å². The number of carboxylic acids is 1.